The molecule has 0 bridgehead atoms. The molecule has 2 aromatic rings. The number of carbonyl (C=O) groups excluding carboxylic acids is 1. The summed E-state index contributed by atoms with van der Waals surface area (Å²) in [6.07, 6.45) is 2.22. The van der Waals surface area contributed by atoms with Crippen LogP contribution in [0.5, 0.6) is 0 Å². The maximum atomic E-state index is 14.2. The number of halogens is 2. The predicted molar refractivity (Wildman–Crippen MR) is 86.9 cm³/mol. The minimum Gasteiger partial charge on any atom is -0.351 e. The summed E-state index contributed by atoms with van der Waals surface area (Å²) in [6.45, 7) is 3.82. The Balaban J connectivity index is 1.83. The Labute approximate surface area is 139 Å². The van der Waals surface area contributed by atoms with Crippen molar-refractivity contribution in [1.29, 1.82) is 0 Å². The molecular weight excluding hydrogens is 312 g/mol. The number of aromatic nitrogens is 2. The van der Waals surface area contributed by atoms with Crippen molar-refractivity contribution in [3.63, 3.8) is 0 Å². The molecule has 1 saturated carbocycles. The first-order chi connectivity index (χ1) is 11.4. The van der Waals surface area contributed by atoms with Gasteiger partial charge in [-0.05, 0) is 38.8 Å². The average molecular weight is 333 g/mol. The van der Waals surface area contributed by atoms with Crippen LogP contribution in [0, 0.1) is 25.5 Å². The summed E-state index contributed by atoms with van der Waals surface area (Å²) in [7, 11) is 1.78. The number of hydrogen-bond acceptors (Lipinski definition) is 2. The SMILES string of the molecule is Cc1nn(C)c(C)c1C(=O)NCC1(c2c(F)cccc2F)CCC1. The van der Waals surface area contributed by atoms with E-state index in [1.165, 1.54) is 18.2 Å². The van der Waals surface area contributed by atoms with Gasteiger partial charge in [0.1, 0.15) is 11.6 Å². The Morgan fingerprint density at radius 2 is 1.92 bits per heavy atom. The van der Waals surface area contributed by atoms with Crippen LogP contribution in [-0.2, 0) is 12.5 Å². The quantitative estimate of drug-likeness (QED) is 0.934. The molecule has 6 heteroatoms. The van der Waals surface area contributed by atoms with Gasteiger partial charge in [-0.3, -0.25) is 9.48 Å². The molecule has 1 aliphatic rings. The van der Waals surface area contributed by atoms with Crippen molar-refractivity contribution in [2.24, 2.45) is 7.05 Å². The van der Waals surface area contributed by atoms with Crippen LogP contribution in [0.4, 0.5) is 8.78 Å². The second-order valence-electron chi connectivity index (χ2n) is 6.58. The van der Waals surface area contributed by atoms with Crippen molar-refractivity contribution in [1.82, 2.24) is 15.1 Å². The van der Waals surface area contributed by atoms with E-state index in [0.717, 1.165) is 12.1 Å². The Kier molecular flexibility index (Phi) is 4.15. The molecule has 0 aliphatic heterocycles. The molecule has 0 saturated heterocycles. The molecule has 24 heavy (non-hydrogen) atoms. The lowest BCUT2D eigenvalue weighted by atomic mass is 9.64. The summed E-state index contributed by atoms with van der Waals surface area (Å²) in [5.74, 6) is -1.34. The monoisotopic (exact) mass is 333 g/mol. The second-order valence-corrected chi connectivity index (χ2v) is 6.58. The smallest absolute Gasteiger partial charge is 0.255 e. The molecule has 0 unspecified atom stereocenters. The largest absolute Gasteiger partial charge is 0.351 e. The first-order valence-corrected chi connectivity index (χ1v) is 8.08. The molecule has 0 atom stereocenters. The van der Waals surface area contributed by atoms with Crippen LogP contribution in [-0.4, -0.2) is 22.2 Å². The third kappa shape index (κ3) is 2.60. The van der Waals surface area contributed by atoms with Crippen LogP contribution in [0.1, 0.15) is 46.6 Å². The molecule has 0 radical (unpaired) electrons. The van der Waals surface area contributed by atoms with Crippen LogP contribution >= 0.6 is 0 Å². The molecule has 0 spiro atoms. The van der Waals surface area contributed by atoms with E-state index in [4.69, 9.17) is 0 Å². The summed E-state index contributed by atoms with van der Waals surface area (Å²) in [5.41, 5.74) is 1.38. The van der Waals surface area contributed by atoms with Crippen molar-refractivity contribution >= 4 is 5.91 Å². The van der Waals surface area contributed by atoms with E-state index in [1.54, 1.807) is 18.7 Å². The van der Waals surface area contributed by atoms with E-state index in [0.29, 0.717) is 24.1 Å². The van der Waals surface area contributed by atoms with Crippen LogP contribution in [0.25, 0.3) is 0 Å². The summed E-state index contributed by atoms with van der Waals surface area (Å²) in [4.78, 5) is 12.5. The number of rotatable bonds is 4. The number of benzene rings is 1. The number of nitrogens with one attached hydrogen (secondary N) is 1. The van der Waals surface area contributed by atoms with E-state index >= 15 is 0 Å². The minimum absolute atomic E-state index is 0.0937. The fourth-order valence-electron chi connectivity index (χ4n) is 3.56. The lowest BCUT2D eigenvalue weighted by molar-refractivity contribution is 0.0923. The average Bonchev–Trinajstić information content (AvgIpc) is 2.73. The highest BCUT2D eigenvalue weighted by atomic mass is 19.1. The van der Waals surface area contributed by atoms with E-state index in [1.807, 2.05) is 6.92 Å². The number of amides is 1. The Bertz CT molecular complexity index is 774. The summed E-state index contributed by atoms with van der Waals surface area (Å²) < 4.78 is 30.0. The van der Waals surface area contributed by atoms with Crippen molar-refractivity contribution in [3.8, 4) is 0 Å². The van der Waals surface area contributed by atoms with Gasteiger partial charge in [-0.15, -0.1) is 0 Å². The number of nitrogens with zero attached hydrogens (tertiary/aromatic N) is 2. The van der Waals surface area contributed by atoms with Crippen molar-refractivity contribution in [3.05, 3.63) is 52.3 Å². The van der Waals surface area contributed by atoms with Gasteiger partial charge in [-0.25, -0.2) is 8.78 Å². The topological polar surface area (TPSA) is 46.9 Å². The maximum absolute atomic E-state index is 14.2. The first kappa shape index (κ1) is 16.6. The van der Waals surface area contributed by atoms with E-state index in [-0.39, 0.29) is 18.0 Å². The molecule has 1 aliphatic carbocycles. The molecule has 1 aromatic heterocycles. The lowest BCUT2D eigenvalue weighted by Crippen LogP contribution is -2.46. The molecule has 1 aromatic carbocycles. The van der Waals surface area contributed by atoms with Gasteiger partial charge < -0.3 is 5.32 Å². The third-order valence-electron chi connectivity index (χ3n) is 5.13. The zero-order valence-corrected chi connectivity index (χ0v) is 14.1. The van der Waals surface area contributed by atoms with E-state index in [9.17, 15) is 13.6 Å². The van der Waals surface area contributed by atoms with Crippen molar-refractivity contribution < 1.29 is 13.6 Å². The molecule has 1 fully saturated rings. The van der Waals surface area contributed by atoms with E-state index in [2.05, 4.69) is 10.4 Å². The van der Waals surface area contributed by atoms with Gasteiger partial charge in [0.2, 0.25) is 0 Å². The van der Waals surface area contributed by atoms with Gasteiger partial charge in [-0.1, -0.05) is 12.5 Å². The highest BCUT2D eigenvalue weighted by Gasteiger charge is 2.43. The maximum Gasteiger partial charge on any atom is 0.255 e. The fraction of sp³-hybridized carbons (Fsp3) is 0.444. The molecular formula is C18H21F2N3O. The Morgan fingerprint density at radius 3 is 2.38 bits per heavy atom. The summed E-state index contributed by atoms with van der Waals surface area (Å²) in [5, 5.41) is 7.10. The van der Waals surface area contributed by atoms with Gasteiger partial charge in [0.15, 0.2) is 0 Å². The molecule has 1 N–H and O–H groups in total. The van der Waals surface area contributed by atoms with Gasteiger partial charge in [0, 0.05) is 30.3 Å². The summed E-state index contributed by atoms with van der Waals surface area (Å²) >= 11 is 0. The Morgan fingerprint density at radius 1 is 1.29 bits per heavy atom. The third-order valence-corrected chi connectivity index (χ3v) is 5.13. The summed E-state index contributed by atoms with van der Waals surface area (Å²) in [6, 6.07) is 3.91. The van der Waals surface area contributed by atoms with Gasteiger partial charge in [0.05, 0.1) is 11.3 Å². The van der Waals surface area contributed by atoms with Crippen LogP contribution in [0.3, 0.4) is 0 Å². The lowest BCUT2D eigenvalue weighted by Gasteiger charge is -2.42. The zero-order chi connectivity index (χ0) is 17.5. The van der Waals surface area contributed by atoms with Crippen molar-refractivity contribution in [2.75, 3.05) is 6.54 Å². The zero-order valence-electron chi connectivity index (χ0n) is 14.1. The first-order valence-electron chi connectivity index (χ1n) is 8.08. The van der Waals surface area contributed by atoms with Crippen molar-refractivity contribution in [2.45, 2.75) is 38.5 Å². The molecule has 128 valence electrons. The van der Waals surface area contributed by atoms with Gasteiger partial charge in [0.25, 0.3) is 5.91 Å². The Hall–Kier alpha value is -2.24. The molecule has 1 heterocycles. The van der Waals surface area contributed by atoms with Gasteiger partial charge >= 0.3 is 0 Å². The van der Waals surface area contributed by atoms with Gasteiger partial charge in [-0.2, -0.15) is 5.10 Å². The number of hydrogen-bond donors (Lipinski definition) is 1. The van der Waals surface area contributed by atoms with Crippen LogP contribution < -0.4 is 5.32 Å². The number of aryl methyl sites for hydroxylation is 2. The molecule has 3 rings (SSSR count). The van der Waals surface area contributed by atoms with Crippen LogP contribution in [0.15, 0.2) is 18.2 Å². The van der Waals surface area contributed by atoms with Crippen LogP contribution in [0.2, 0.25) is 0 Å². The normalized spacial score (nSPS) is 15.9. The number of carbonyl (C=O) groups is 1. The fourth-order valence-corrected chi connectivity index (χ4v) is 3.56. The highest BCUT2D eigenvalue weighted by Crippen LogP contribution is 2.45. The predicted octanol–water partition coefficient (Wildman–Crippen LogP) is 3.17. The molecule has 1 amide bonds. The van der Waals surface area contributed by atoms with E-state index < -0.39 is 17.0 Å². The minimum atomic E-state index is -0.658. The standard InChI is InChI=1S/C18H21F2N3O/c1-11-15(12(2)23(3)22-11)17(24)21-10-18(8-5-9-18)16-13(19)6-4-7-14(16)20/h4,6-7H,5,8-10H2,1-3H3,(H,21,24). The highest BCUT2D eigenvalue weighted by molar-refractivity contribution is 5.96. The molecule has 4 nitrogen and oxygen atoms in total. The second kappa shape index (κ2) is 6.00.